The molecule has 1 amide bonds. The van der Waals surface area contributed by atoms with E-state index in [1.54, 1.807) is 0 Å². The van der Waals surface area contributed by atoms with Crippen molar-refractivity contribution in [1.82, 2.24) is 0 Å². The number of alkyl halides is 1. The van der Waals surface area contributed by atoms with Crippen molar-refractivity contribution in [3.8, 4) is 0 Å². The van der Waals surface area contributed by atoms with E-state index in [4.69, 9.17) is 0 Å². The third-order valence-electron chi connectivity index (χ3n) is 3.13. The Morgan fingerprint density at radius 3 is 2.42 bits per heavy atom. The standard InChI is InChI=1S/C16H24BrNO/c1-2-3-4-5-6-7-16(19)18-15-10-8-14(9-11-15)12-13-17/h8-11H,2-7,12-13H2,1H3,(H,18,19). The number of anilines is 1. The molecule has 106 valence electrons. The Morgan fingerprint density at radius 2 is 1.79 bits per heavy atom. The van der Waals surface area contributed by atoms with Crippen LogP contribution in [0.4, 0.5) is 5.69 Å². The number of rotatable bonds is 9. The molecule has 0 aliphatic heterocycles. The van der Waals surface area contributed by atoms with Gasteiger partial charge >= 0.3 is 0 Å². The molecule has 0 spiro atoms. The number of aryl methyl sites for hydroxylation is 1. The molecule has 0 fully saturated rings. The highest BCUT2D eigenvalue weighted by Gasteiger charge is 2.02. The van der Waals surface area contributed by atoms with E-state index >= 15 is 0 Å². The minimum atomic E-state index is 0.129. The molecule has 1 N–H and O–H groups in total. The summed E-state index contributed by atoms with van der Waals surface area (Å²) in [7, 11) is 0. The number of nitrogens with one attached hydrogen (secondary N) is 1. The minimum absolute atomic E-state index is 0.129. The molecule has 1 rings (SSSR count). The molecule has 0 saturated carbocycles. The summed E-state index contributed by atoms with van der Waals surface area (Å²) in [4.78, 5) is 11.7. The first-order valence-electron chi connectivity index (χ1n) is 7.21. The summed E-state index contributed by atoms with van der Waals surface area (Å²) >= 11 is 3.42. The Morgan fingerprint density at radius 1 is 1.11 bits per heavy atom. The number of benzene rings is 1. The topological polar surface area (TPSA) is 29.1 Å². The fourth-order valence-corrected chi connectivity index (χ4v) is 2.43. The lowest BCUT2D eigenvalue weighted by Crippen LogP contribution is -2.11. The number of amides is 1. The van der Waals surface area contributed by atoms with Crippen LogP contribution in [0.2, 0.25) is 0 Å². The highest BCUT2D eigenvalue weighted by Crippen LogP contribution is 2.12. The molecule has 1 aromatic carbocycles. The first kappa shape index (κ1) is 16.2. The molecule has 0 unspecified atom stereocenters. The molecule has 0 aliphatic rings. The van der Waals surface area contributed by atoms with Crippen molar-refractivity contribution in [3.05, 3.63) is 29.8 Å². The lowest BCUT2D eigenvalue weighted by Gasteiger charge is -2.06. The lowest BCUT2D eigenvalue weighted by molar-refractivity contribution is -0.116. The lowest BCUT2D eigenvalue weighted by atomic mass is 10.1. The average Bonchev–Trinajstić information content (AvgIpc) is 2.41. The number of carbonyl (C=O) groups excluding carboxylic acids is 1. The van der Waals surface area contributed by atoms with Crippen LogP contribution < -0.4 is 5.32 Å². The number of halogens is 1. The summed E-state index contributed by atoms with van der Waals surface area (Å²) in [5.74, 6) is 0.129. The van der Waals surface area contributed by atoms with E-state index in [9.17, 15) is 4.79 Å². The normalized spacial score (nSPS) is 10.4. The predicted octanol–water partition coefficient (Wildman–Crippen LogP) is 4.92. The Balaban J connectivity index is 2.24. The molecule has 19 heavy (non-hydrogen) atoms. The highest BCUT2D eigenvalue weighted by atomic mass is 79.9. The Hall–Kier alpha value is -0.830. The van der Waals surface area contributed by atoms with Gasteiger partial charge in [0.15, 0.2) is 0 Å². The molecule has 0 radical (unpaired) electrons. The minimum Gasteiger partial charge on any atom is -0.326 e. The van der Waals surface area contributed by atoms with E-state index in [1.165, 1.54) is 24.8 Å². The van der Waals surface area contributed by atoms with Gasteiger partial charge in [-0.2, -0.15) is 0 Å². The summed E-state index contributed by atoms with van der Waals surface area (Å²) in [5.41, 5.74) is 2.19. The van der Waals surface area contributed by atoms with Crippen LogP contribution in [0.25, 0.3) is 0 Å². The van der Waals surface area contributed by atoms with Gasteiger partial charge in [-0.15, -0.1) is 0 Å². The molecule has 1 aromatic rings. The van der Waals surface area contributed by atoms with Crippen LogP contribution in [0.15, 0.2) is 24.3 Å². The molecule has 0 bridgehead atoms. The van der Waals surface area contributed by atoms with Gasteiger partial charge < -0.3 is 5.32 Å². The summed E-state index contributed by atoms with van der Waals surface area (Å²) in [5, 5.41) is 3.92. The zero-order valence-electron chi connectivity index (χ0n) is 11.8. The second kappa shape index (κ2) is 10.0. The van der Waals surface area contributed by atoms with Gasteiger partial charge in [0, 0.05) is 17.4 Å². The van der Waals surface area contributed by atoms with Crippen LogP contribution in [-0.4, -0.2) is 11.2 Å². The molecule has 3 heteroatoms. The van der Waals surface area contributed by atoms with Crippen molar-refractivity contribution >= 4 is 27.5 Å². The maximum Gasteiger partial charge on any atom is 0.224 e. The molecule has 2 nitrogen and oxygen atoms in total. The monoisotopic (exact) mass is 325 g/mol. The molecular formula is C16H24BrNO. The molecule has 0 aromatic heterocycles. The quantitative estimate of drug-likeness (QED) is 0.506. The average molecular weight is 326 g/mol. The van der Waals surface area contributed by atoms with Gasteiger partial charge in [-0.1, -0.05) is 60.7 Å². The first-order chi connectivity index (χ1) is 9.26. The zero-order valence-corrected chi connectivity index (χ0v) is 13.3. The van der Waals surface area contributed by atoms with Gasteiger partial charge in [-0.25, -0.2) is 0 Å². The zero-order chi connectivity index (χ0) is 13.9. The van der Waals surface area contributed by atoms with Crippen molar-refractivity contribution in [2.75, 3.05) is 10.6 Å². The van der Waals surface area contributed by atoms with E-state index in [0.717, 1.165) is 30.3 Å². The highest BCUT2D eigenvalue weighted by molar-refractivity contribution is 9.09. The van der Waals surface area contributed by atoms with Crippen LogP contribution in [0, 0.1) is 0 Å². The van der Waals surface area contributed by atoms with Crippen molar-refractivity contribution in [2.45, 2.75) is 51.9 Å². The molecule has 0 heterocycles. The van der Waals surface area contributed by atoms with Crippen molar-refractivity contribution in [2.24, 2.45) is 0 Å². The molecule has 0 saturated heterocycles. The molecular weight excluding hydrogens is 302 g/mol. The Kier molecular flexibility index (Phi) is 8.55. The SMILES string of the molecule is CCCCCCCC(=O)Nc1ccc(CCBr)cc1. The number of carbonyl (C=O) groups is 1. The van der Waals surface area contributed by atoms with Gasteiger partial charge in [0.2, 0.25) is 5.91 Å². The first-order valence-corrected chi connectivity index (χ1v) is 8.33. The number of hydrogen-bond donors (Lipinski definition) is 1. The van der Waals surface area contributed by atoms with Gasteiger partial charge in [0.1, 0.15) is 0 Å². The summed E-state index contributed by atoms with van der Waals surface area (Å²) in [6.45, 7) is 2.20. The third kappa shape index (κ3) is 7.36. The fourth-order valence-electron chi connectivity index (χ4n) is 1.98. The van der Waals surface area contributed by atoms with E-state index < -0.39 is 0 Å². The third-order valence-corrected chi connectivity index (χ3v) is 3.52. The van der Waals surface area contributed by atoms with Gasteiger partial charge in [0.25, 0.3) is 0 Å². The maximum absolute atomic E-state index is 11.7. The van der Waals surface area contributed by atoms with E-state index in [1.807, 2.05) is 12.1 Å². The van der Waals surface area contributed by atoms with E-state index in [-0.39, 0.29) is 5.91 Å². The smallest absolute Gasteiger partial charge is 0.224 e. The second-order valence-corrected chi connectivity index (χ2v) is 5.64. The van der Waals surface area contributed by atoms with Gasteiger partial charge in [0.05, 0.1) is 0 Å². The van der Waals surface area contributed by atoms with Crippen LogP contribution in [0.1, 0.15) is 51.0 Å². The second-order valence-electron chi connectivity index (χ2n) is 4.85. The number of hydrogen-bond acceptors (Lipinski definition) is 1. The molecule has 0 atom stereocenters. The van der Waals surface area contributed by atoms with E-state index in [2.05, 4.69) is 40.3 Å². The fraction of sp³-hybridized carbons (Fsp3) is 0.562. The van der Waals surface area contributed by atoms with Crippen LogP contribution >= 0.6 is 15.9 Å². The van der Waals surface area contributed by atoms with Crippen LogP contribution in [-0.2, 0) is 11.2 Å². The van der Waals surface area contributed by atoms with Crippen LogP contribution in [0.5, 0.6) is 0 Å². The maximum atomic E-state index is 11.7. The number of unbranched alkanes of at least 4 members (excludes halogenated alkanes) is 4. The van der Waals surface area contributed by atoms with Crippen LogP contribution in [0.3, 0.4) is 0 Å². The Labute approximate surface area is 125 Å². The Bertz CT molecular complexity index is 362. The summed E-state index contributed by atoms with van der Waals surface area (Å²) in [6, 6.07) is 8.09. The van der Waals surface area contributed by atoms with Gasteiger partial charge in [-0.05, 0) is 30.5 Å². The van der Waals surface area contributed by atoms with Gasteiger partial charge in [-0.3, -0.25) is 4.79 Å². The predicted molar refractivity (Wildman–Crippen MR) is 85.9 cm³/mol. The van der Waals surface area contributed by atoms with Crippen molar-refractivity contribution < 1.29 is 4.79 Å². The van der Waals surface area contributed by atoms with E-state index in [0.29, 0.717) is 6.42 Å². The summed E-state index contributed by atoms with van der Waals surface area (Å²) < 4.78 is 0. The van der Waals surface area contributed by atoms with Crippen molar-refractivity contribution in [1.29, 1.82) is 0 Å². The summed E-state index contributed by atoms with van der Waals surface area (Å²) in [6.07, 6.45) is 7.56. The van der Waals surface area contributed by atoms with Crippen molar-refractivity contribution in [3.63, 3.8) is 0 Å². The largest absolute Gasteiger partial charge is 0.326 e. The molecule has 0 aliphatic carbocycles.